The Kier molecular flexibility index (Phi) is 5.90. The molecule has 2 aromatic rings. The van der Waals surface area contributed by atoms with E-state index < -0.39 is 5.97 Å². The van der Waals surface area contributed by atoms with Crippen LogP contribution in [0.4, 0.5) is 10.1 Å². The third kappa shape index (κ3) is 4.91. The van der Waals surface area contributed by atoms with Gasteiger partial charge in [-0.15, -0.1) is 0 Å². The normalized spacial score (nSPS) is 10.0. The number of esters is 1. The highest BCUT2D eigenvalue weighted by Gasteiger charge is 2.11. The largest absolute Gasteiger partial charge is 0.465 e. The molecule has 0 aliphatic carbocycles. The van der Waals surface area contributed by atoms with Gasteiger partial charge < -0.3 is 15.4 Å². The SMILES string of the molecule is COC(=O)c1cc(NC(=S)NCc2ccc(F)cc2)ccc1Cl. The minimum Gasteiger partial charge on any atom is -0.465 e. The zero-order valence-corrected chi connectivity index (χ0v) is 13.8. The predicted octanol–water partition coefficient (Wildman–Crippen LogP) is 3.75. The van der Waals surface area contributed by atoms with E-state index in [1.807, 2.05) is 0 Å². The summed E-state index contributed by atoms with van der Waals surface area (Å²) >= 11 is 11.1. The minimum absolute atomic E-state index is 0.250. The maximum atomic E-state index is 12.8. The molecule has 0 spiro atoms. The van der Waals surface area contributed by atoms with E-state index >= 15 is 0 Å². The molecule has 0 amide bonds. The number of ether oxygens (including phenoxy) is 1. The number of benzene rings is 2. The van der Waals surface area contributed by atoms with Gasteiger partial charge in [-0.3, -0.25) is 0 Å². The highest BCUT2D eigenvalue weighted by Crippen LogP contribution is 2.21. The molecule has 23 heavy (non-hydrogen) atoms. The smallest absolute Gasteiger partial charge is 0.339 e. The van der Waals surface area contributed by atoms with Crippen molar-refractivity contribution >= 4 is 40.6 Å². The number of hydrogen-bond acceptors (Lipinski definition) is 3. The number of nitrogens with one attached hydrogen (secondary N) is 2. The fourth-order valence-corrected chi connectivity index (χ4v) is 2.21. The molecule has 0 aliphatic heterocycles. The second-order valence-corrected chi connectivity index (χ2v) is 5.44. The Hall–Kier alpha value is -2.18. The number of anilines is 1. The van der Waals surface area contributed by atoms with Crippen LogP contribution >= 0.6 is 23.8 Å². The van der Waals surface area contributed by atoms with Gasteiger partial charge in [-0.2, -0.15) is 0 Å². The first-order valence-electron chi connectivity index (χ1n) is 6.67. The maximum absolute atomic E-state index is 12.8. The molecule has 0 saturated carbocycles. The topological polar surface area (TPSA) is 50.4 Å². The second-order valence-electron chi connectivity index (χ2n) is 4.62. The van der Waals surface area contributed by atoms with Crippen molar-refractivity contribution in [3.05, 3.63) is 64.4 Å². The van der Waals surface area contributed by atoms with Crippen molar-refractivity contribution in [3.8, 4) is 0 Å². The van der Waals surface area contributed by atoms with Crippen molar-refractivity contribution in [2.75, 3.05) is 12.4 Å². The van der Waals surface area contributed by atoms with Gasteiger partial charge in [0.15, 0.2) is 5.11 Å². The number of thiocarbonyl (C=S) groups is 1. The zero-order valence-electron chi connectivity index (χ0n) is 12.2. The number of carbonyl (C=O) groups is 1. The maximum Gasteiger partial charge on any atom is 0.339 e. The van der Waals surface area contributed by atoms with Gasteiger partial charge in [0.2, 0.25) is 0 Å². The molecule has 0 aliphatic rings. The number of hydrogen-bond donors (Lipinski definition) is 2. The molecule has 120 valence electrons. The van der Waals surface area contributed by atoms with E-state index in [0.717, 1.165) is 5.56 Å². The van der Waals surface area contributed by atoms with Crippen molar-refractivity contribution in [1.82, 2.24) is 5.32 Å². The van der Waals surface area contributed by atoms with E-state index in [-0.39, 0.29) is 11.4 Å². The van der Waals surface area contributed by atoms with Crippen LogP contribution in [0, 0.1) is 5.82 Å². The van der Waals surface area contributed by atoms with Crippen LogP contribution in [0.15, 0.2) is 42.5 Å². The van der Waals surface area contributed by atoms with E-state index in [4.69, 9.17) is 23.8 Å². The highest BCUT2D eigenvalue weighted by molar-refractivity contribution is 7.80. The lowest BCUT2D eigenvalue weighted by atomic mass is 10.2. The van der Waals surface area contributed by atoms with Crippen LogP contribution in [-0.2, 0) is 11.3 Å². The van der Waals surface area contributed by atoms with Crippen molar-refractivity contribution in [1.29, 1.82) is 0 Å². The Labute approximate surface area is 143 Å². The van der Waals surface area contributed by atoms with E-state index in [9.17, 15) is 9.18 Å². The lowest BCUT2D eigenvalue weighted by molar-refractivity contribution is 0.0601. The number of methoxy groups -OCH3 is 1. The fraction of sp³-hybridized carbons (Fsp3) is 0.125. The molecule has 0 fully saturated rings. The Morgan fingerprint density at radius 2 is 1.96 bits per heavy atom. The zero-order chi connectivity index (χ0) is 16.8. The molecule has 2 rings (SSSR count). The summed E-state index contributed by atoms with van der Waals surface area (Å²) in [6.45, 7) is 0.448. The molecule has 4 nitrogen and oxygen atoms in total. The second kappa shape index (κ2) is 7.89. The monoisotopic (exact) mass is 352 g/mol. The number of halogens is 2. The molecule has 2 N–H and O–H groups in total. The van der Waals surface area contributed by atoms with Gasteiger partial charge in [0.25, 0.3) is 0 Å². The average Bonchev–Trinajstić information content (AvgIpc) is 2.55. The van der Waals surface area contributed by atoms with E-state index in [1.165, 1.54) is 19.2 Å². The first-order chi connectivity index (χ1) is 11.0. The molecule has 2 aromatic carbocycles. The van der Waals surface area contributed by atoms with Crippen LogP contribution in [0.1, 0.15) is 15.9 Å². The predicted molar refractivity (Wildman–Crippen MR) is 92.3 cm³/mol. The molecule has 0 radical (unpaired) electrons. The van der Waals surface area contributed by atoms with Crippen LogP contribution in [0.5, 0.6) is 0 Å². The standard InChI is InChI=1S/C16H14ClFN2O2S/c1-22-15(21)13-8-12(6-7-14(13)17)20-16(23)19-9-10-2-4-11(18)5-3-10/h2-8H,9H2,1H3,(H2,19,20,23). The summed E-state index contributed by atoms with van der Waals surface area (Å²) in [4.78, 5) is 11.6. The summed E-state index contributed by atoms with van der Waals surface area (Å²) in [6.07, 6.45) is 0. The van der Waals surface area contributed by atoms with Crippen LogP contribution in [0.25, 0.3) is 0 Å². The molecule has 0 unspecified atom stereocenters. The van der Waals surface area contributed by atoms with Gasteiger partial charge in [-0.25, -0.2) is 9.18 Å². The Balaban J connectivity index is 1.97. The van der Waals surface area contributed by atoms with Gasteiger partial charge in [0.05, 0.1) is 17.7 Å². The average molecular weight is 353 g/mol. The van der Waals surface area contributed by atoms with Crippen molar-refractivity contribution in [2.24, 2.45) is 0 Å². The van der Waals surface area contributed by atoms with Crippen LogP contribution in [-0.4, -0.2) is 18.2 Å². The van der Waals surface area contributed by atoms with Crippen LogP contribution in [0.2, 0.25) is 5.02 Å². The van der Waals surface area contributed by atoms with Crippen LogP contribution < -0.4 is 10.6 Å². The molecule has 0 bridgehead atoms. The lowest BCUT2D eigenvalue weighted by Gasteiger charge is -2.12. The lowest BCUT2D eigenvalue weighted by Crippen LogP contribution is -2.28. The Morgan fingerprint density at radius 1 is 1.26 bits per heavy atom. The number of carbonyl (C=O) groups excluding carboxylic acids is 1. The molecular weight excluding hydrogens is 339 g/mol. The Morgan fingerprint density at radius 3 is 2.61 bits per heavy atom. The first kappa shape index (κ1) is 17.2. The third-order valence-electron chi connectivity index (χ3n) is 3.00. The van der Waals surface area contributed by atoms with Crippen molar-refractivity contribution in [2.45, 2.75) is 6.54 Å². The molecule has 7 heteroatoms. The summed E-state index contributed by atoms with van der Waals surface area (Å²) in [7, 11) is 1.29. The van der Waals surface area contributed by atoms with Gasteiger partial charge >= 0.3 is 5.97 Å². The summed E-state index contributed by atoms with van der Waals surface area (Å²) in [6, 6.07) is 10.9. The fourth-order valence-electron chi connectivity index (χ4n) is 1.83. The van der Waals surface area contributed by atoms with E-state index in [1.54, 1.807) is 30.3 Å². The van der Waals surface area contributed by atoms with E-state index in [2.05, 4.69) is 15.4 Å². The molecule has 0 atom stereocenters. The molecule has 0 saturated heterocycles. The summed E-state index contributed by atoms with van der Waals surface area (Å²) in [5, 5.41) is 6.61. The van der Waals surface area contributed by atoms with Gasteiger partial charge in [0, 0.05) is 12.2 Å². The van der Waals surface area contributed by atoms with Gasteiger partial charge in [-0.1, -0.05) is 23.7 Å². The summed E-state index contributed by atoms with van der Waals surface area (Å²) in [5.74, 6) is -0.810. The van der Waals surface area contributed by atoms with E-state index in [0.29, 0.717) is 22.4 Å². The quantitative estimate of drug-likeness (QED) is 0.648. The highest BCUT2D eigenvalue weighted by atomic mass is 35.5. The molecular formula is C16H14ClFN2O2S. The first-order valence-corrected chi connectivity index (χ1v) is 7.45. The molecule has 0 aromatic heterocycles. The van der Waals surface area contributed by atoms with Crippen molar-refractivity contribution < 1.29 is 13.9 Å². The third-order valence-corrected chi connectivity index (χ3v) is 3.57. The minimum atomic E-state index is -0.524. The van der Waals surface area contributed by atoms with Crippen molar-refractivity contribution in [3.63, 3.8) is 0 Å². The summed E-state index contributed by atoms with van der Waals surface area (Å²) in [5.41, 5.74) is 1.74. The van der Waals surface area contributed by atoms with Gasteiger partial charge in [-0.05, 0) is 48.1 Å². The summed E-state index contributed by atoms with van der Waals surface area (Å²) < 4.78 is 17.5. The van der Waals surface area contributed by atoms with Crippen LogP contribution in [0.3, 0.4) is 0 Å². The molecule has 0 heterocycles. The Bertz CT molecular complexity index is 723. The number of rotatable bonds is 4. The van der Waals surface area contributed by atoms with Gasteiger partial charge in [0.1, 0.15) is 5.82 Å².